The van der Waals surface area contributed by atoms with E-state index in [0.717, 1.165) is 25.3 Å². The molecule has 13 heteroatoms. The van der Waals surface area contributed by atoms with Crippen molar-refractivity contribution in [3.05, 3.63) is 64.9 Å². The lowest BCUT2D eigenvalue weighted by molar-refractivity contribution is -0.139. The van der Waals surface area contributed by atoms with E-state index in [9.17, 15) is 26.3 Å². The normalized spacial score (nSPS) is 13.9. The van der Waals surface area contributed by atoms with Crippen LogP contribution in [0.3, 0.4) is 0 Å². The largest absolute Gasteiger partial charge is 0.481 e. The number of alkyl halides is 6. The molecule has 0 spiro atoms. The van der Waals surface area contributed by atoms with E-state index in [2.05, 4.69) is 25.3 Å². The fraction of sp³-hybridized carbons (Fsp3) is 0.333. The number of pyridine rings is 2. The van der Waals surface area contributed by atoms with Gasteiger partial charge in [0.05, 0.1) is 18.4 Å². The Labute approximate surface area is 208 Å². The molecular formula is C24H22F6N6O. The van der Waals surface area contributed by atoms with Crippen LogP contribution in [0.25, 0.3) is 6.08 Å². The minimum Gasteiger partial charge on any atom is -0.481 e. The van der Waals surface area contributed by atoms with Crippen molar-refractivity contribution in [2.45, 2.75) is 38.5 Å². The smallest absolute Gasteiger partial charge is 0.421 e. The SMILES string of the molecule is COc1nc(Nc2nc(C(C)C)nc3c2C=CN(c2ncccc2C(F)(F)F)CC3)ccc1C(F)(F)F. The number of hydrogen-bond acceptors (Lipinski definition) is 7. The molecule has 0 saturated carbocycles. The molecule has 0 saturated heterocycles. The first-order valence-electron chi connectivity index (χ1n) is 11.2. The van der Waals surface area contributed by atoms with E-state index in [4.69, 9.17) is 4.74 Å². The van der Waals surface area contributed by atoms with Gasteiger partial charge in [-0.25, -0.2) is 15.0 Å². The van der Waals surface area contributed by atoms with Gasteiger partial charge in [0.25, 0.3) is 0 Å². The standard InChI is InChI=1S/C24H22F6N6O/c1-13(2)19-32-17-9-12-36(21-15(23(25,26)27)5-4-10-31-21)11-8-14(17)20(35-19)33-18-7-6-16(24(28,29)30)22(34-18)37-3/h4-8,10-11,13H,9,12H2,1-3H3,(H,32,33,34,35). The zero-order valence-electron chi connectivity index (χ0n) is 19.9. The van der Waals surface area contributed by atoms with Crippen molar-refractivity contribution in [3.8, 4) is 5.88 Å². The van der Waals surface area contributed by atoms with Crippen LogP contribution in [-0.2, 0) is 18.8 Å². The van der Waals surface area contributed by atoms with Crippen LogP contribution in [-0.4, -0.2) is 33.6 Å². The summed E-state index contributed by atoms with van der Waals surface area (Å²) < 4.78 is 85.2. The van der Waals surface area contributed by atoms with Crippen molar-refractivity contribution < 1.29 is 31.1 Å². The minimum atomic E-state index is -4.65. The summed E-state index contributed by atoms with van der Waals surface area (Å²) in [5.41, 5.74) is -0.879. The number of hydrogen-bond donors (Lipinski definition) is 1. The summed E-state index contributed by atoms with van der Waals surface area (Å²) in [5.74, 6) is -0.219. The number of halogens is 6. The molecular weight excluding hydrogens is 502 g/mol. The number of methoxy groups -OCH3 is 1. The van der Waals surface area contributed by atoms with Gasteiger partial charge in [-0.15, -0.1) is 0 Å². The van der Waals surface area contributed by atoms with Crippen LogP contribution in [0, 0.1) is 0 Å². The van der Waals surface area contributed by atoms with E-state index in [1.807, 2.05) is 13.8 Å². The second kappa shape index (κ2) is 9.87. The third kappa shape index (κ3) is 5.59. The highest BCUT2D eigenvalue weighted by Gasteiger charge is 2.36. The number of aromatic nitrogens is 4. The molecule has 3 aromatic rings. The molecule has 1 aliphatic rings. The second-order valence-electron chi connectivity index (χ2n) is 8.45. The predicted molar refractivity (Wildman–Crippen MR) is 125 cm³/mol. The first-order chi connectivity index (χ1) is 17.4. The van der Waals surface area contributed by atoms with Gasteiger partial charge in [0.2, 0.25) is 5.88 Å². The number of rotatable bonds is 5. The Morgan fingerprint density at radius 2 is 1.70 bits per heavy atom. The van der Waals surface area contributed by atoms with Crippen LogP contribution in [0.4, 0.5) is 43.8 Å². The lowest BCUT2D eigenvalue weighted by atomic mass is 10.1. The van der Waals surface area contributed by atoms with Crippen LogP contribution in [0.15, 0.2) is 36.7 Å². The summed E-state index contributed by atoms with van der Waals surface area (Å²) >= 11 is 0. The number of nitrogens with one attached hydrogen (secondary N) is 1. The van der Waals surface area contributed by atoms with Crippen molar-refractivity contribution in [1.82, 2.24) is 19.9 Å². The van der Waals surface area contributed by atoms with Crippen molar-refractivity contribution in [3.63, 3.8) is 0 Å². The van der Waals surface area contributed by atoms with E-state index in [1.165, 1.54) is 23.4 Å². The Kier molecular flexibility index (Phi) is 6.98. The van der Waals surface area contributed by atoms with Crippen LogP contribution in [0.2, 0.25) is 0 Å². The number of anilines is 3. The van der Waals surface area contributed by atoms with Crippen molar-refractivity contribution in [2.24, 2.45) is 0 Å². The van der Waals surface area contributed by atoms with E-state index >= 15 is 0 Å². The highest BCUT2D eigenvalue weighted by Crippen LogP contribution is 2.38. The molecule has 0 aliphatic carbocycles. The monoisotopic (exact) mass is 524 g/mol. The van der Waals surface area contributed by atoms with Crippen molar-refractivity contribution in [1.29, 1.82) is 0 Å². The van der Waals surface area contributed by atoms with Gasteiger partial charge < -0.3 is 15.0 Å². The molecule has 196 valence electrons. The molecule has 1 aliphatic heterocycles. The number of fused-ring (bicyclic) bond motifs is 1. The summed E-state index contributed by atoms with van der Waals surface area (Å²) in [6.45, 7) is 3.89. The summed E-state index contributed by atoms with van der Waals surface area (Å²) in [5, 5.41) is 2.92. The summed E-state index contributed by atoms with van der Waals surface area (Å²) in [4.78, 5) is 18.3. The van der Waals surface area contributed by atoms with E-state index < -0.39 is 29.4 Å². The second-order valence-corrected chi connectivity index (χ2v) is 8.45. The summed E-state index contributed by atoms with van der Waals surface area (Å²) in [6, 6.07) is 4.16. The Morgan fingerprint density at radius 1 is 0.973 bits per heavy atom. The zero-order valence-corrected chi connectivity index (χ0v) is 19.9. The molecule has 3 aromatic heterocycles. The Hall–Kier alpha value is -3.90. The first kappa shape index (κ1) is 26.2. The fourth-order valence-corrected chi connectivity index (χ4v) is 3.75. The minimum absolute atomic E-state index is 0.0408. The molecule has 0 fully saturated rings. The Bertz CT molecular complexity index is 1320. The lowest BCUT2D eigenvalue weighted by Crippen LogP contribution is -2.23. The molecule has 0 aromatic carbocycles. The topological polar surface area (TPSA) is 76.1 Å². The molecule has 7 nitrogen and oxygen atoms in total. The maximum absolute atomic E-state index is 13.6. The molecule has 0 unspecified atom stereocenters. The Morgan fingerprint density at radius 3 is 2.35 bits per heavy atom. The van der Waals surface area contributed by atoms with Gasteiger partial charge in [-0.05, 0) is 30.3 Å². The van der Waals surface area contributed by atoms with Gasteiger partial charge in [-0.3, -0.25) is 0 Å². The highest BCUT2D eigenvalue weighted by atomic mass is 19.4. The van der Waals surface area contributed by atoms with Gasteiger partial charge in [-0.2, -0.15) is 31.3 Å². The lowest BCUT2D eigenvalue weighted by Gasteiger charge is -2.21. The van der Waals surface area contributed by atoms with E-state index in [-0.39, 0.29) is 36.3 Å². The van der Waals surface area contributed by atoms with Crippen LogP contribution < -0.4 is 15.0 Å². The molecule has 0 bridgehead atoms. The molecule has 4 rings (SSSR count). The van der Waals surface area contributed by atoms with E-state index in [0.29, 0.717) is 17.1 Å². The number of ether oxygens (including phenoxy) is 1. The van der Waals surface area contributed by atoms with Crippen molar-refractivity contribution in [2.75, 3.05) is 23.9 Å². The van der Waals surface area contributed by atoms with Gasteiger partial charge in [0.1, 0.15) is 28.8 Å². The highest BCUT2D eigenvalue weighted by molar-refractivity contribution is 5.72. The Balaban J connectivity index is 1.75. The number of nitrogens with zero attached hydrogens (tertiary/aromatic N) is 5. The maximum Gasteiger partial charge on any atom is 0.421 e. The molecule has 0 amide bonds. The maximum atomic E-state index is 13.6. The third-order valence-corrected chi connectivity index (χ3v) is 5.54. The summed E-state index contributed by atoms with van der Waals surface area (Å²) in [6.07, 6.45) is -4.71. The van der Waals surface area contributed by atoms with Gasteiger partial charge >= 0.3 is 12.4 Å². The average molecular weight is 524 g/mol. The van der Waals surface area contributed by atoms with Gasteiger partial charge in [-0.1, -0.05) is 13.8 Å². The predicted octanol–water partition coefficient (Wildman–Crippen LogP) is 6.21. The molecule has 1 N–H and O–H groups in total. The molecule has 37 heavy (non-hydrogen) atoms. The molecule has 0 radical (unpaired) electrons. The molecule has 0 atom stereocenters. The van der Waals surface area contributed by atoms with Crippen LogP contribution in [0.5, 0.6) is 5.88 Å². The van der Waals surface area contributed by atoms with Crippen LogP contribution >= 0.6 is 0 Å². The van der Waals surface area contributed by atoms with Gasteiger partial charge in [0.15, 0.2) is 0 Å². The quantitative estimate of drug-likeness (QED) is 0.398. The fourth-order valence-electron chi connectivity index (χ4n) is 3.75. The van der Waals surface area contributed by atoms with Crippen molar-refractivity contribution >= 4 is 23.5 Å². The molecule has 4 heterocycles. The summed E-state index contributed by atoms with van der Waals surface area (Å²) in [7, 11) is 1.08. The van der Waals surface area contributed by atoms with Crippen LogP contribution in [0.1, 0.15) is 48.0 Å². The zero-order chi connectivity index (χ0) is 27.0. The first-order valence-corrected chi connectivity index (χ1v) is 11.2. The average Bonchev–Trinajstić information content (AvgIpc) is 3.05. The third-order valence-electron chi connectivity index (χ3n) is 5.54. The van der Waals surface area contributed by atoms with Gasteiger partial charge in [0, 0.05) is 36.8 Å². The van der Waals surface area contributed by atoms with E-state index in [1.54, 1.807) is 6.08 Å².